The molecule has 9 nitrogen and oxygen atoms in total. The fraction of sp³-hybridized carbons (Fsp3) is 0.185. The van der Waals surface area contributed by atoms with Crippen molar-refractivity contribution in [3.63, 3.8) is 0 Å². The van der Waals surface area contributed by atoms with Gasteiger partial charge in [-0.25, -0.2) is 10.2 Å². The molecule has 0 bridgehead atoms. The Morgan fingerprint density at radius 1 is 0.868 bits per heavy atom. The lowest BCUT2D eigenvalue weighted by atomic mass is 10.2. The van der Waals surface area contributed by atoms with E-state index >= 15 is 0 Å². The lowest BCUT2D eigenvalue weighted by molar-refractivity contribution is -0.136. The topological polar surface area (TPSA) is 115 Å². The van der Waals surface area contributed by atoms with Crippen LogP contribution in [0.2, 0.25) is 10.0 Å². The minimum atomic E-state index is -0.992. The summed E-state index contributed by atoms with van der Waals surface area (Å²) in [5, 5.41) is 6.74. The molecule has 0 atom stereocenters. The smallest absolute Gasteiger partial charge is 0.343 e. The number of anilines is 1. The van der Waals surface area contributed by atoms with Crippen LogP contribution in [0.25, 0.3) is 0 Å². The largest absolute Gasteiger partial charge is 0.494 e. The third-order valence-electron chi connectivity index (χ3n) is 4.80. The maximum Gasteiger partial charge on any atom is 0.343 e. The standard InChI is InChI=1S/C27H25Cl2N3O6/c1-3-13-37-20-9-6-18(7-10-20)27(35)38-23-12-5-17(14-24(23)36-4-2)16-30-32-26(34)25(33)31-19-8-11-21(28)22(29)15-19/h5-12,14-16H,3-4,13H2,1-2H3,(H,31,33)(H,32,34)/b30-16+. The molecule has 0 aromatic heterocycles. The van der Waals surface area contributed by atoms with E-state index in [1.807, 2.05) is 6.92 Å². The van der Waals surface area contributed by atoms with E-state index < -0.39 is 17.8 Å². The number of carbonyl (C=O) groups is 3. The van der Waals surface area contributed by atoms with Gasteiger partial charge >= 0.3 is 17.8 Å². The maximum absolute atomic E-state index is 12.6. The molecule has 2 amide bonds. The average molecular weight is 558 g/mol. The van der Waals surface area contributed by atoms with E-state index in [1.165, 1.54) is 24.4 Å². The zero-order valence-corrected chi connectivity index (χ0v) is 22.1. The van der Waals surface area contributed by atoms with Gasteiger partial charge in [-0.3, -0.25) is 9.59 Å². The van der Waals surface area contributed by atoms with Crippen LogP contribution in [-0.4, -0.2) is 37.2 Å². The first-order valence-electron chi connectivity index (χ1n) is 11.6. The van der Waals surface area contributed by atoms with Crippen molar-refractivity contribution < 1.29 is 28.6 Å². The molecule has 0 fully saturated rings. The highest BCUT2D eigenvalue weighted by molar-refractivity contribution is 6.43. The van der Waals surface area contributed by atoms with E-state index in [9.17, 15) is 14.4 Å². The predicted molar refractivity (Wildman–Crippen MR) is 146 cm³/mol. The summed E-state index contributed by atoms with van der Waals surface area (Å²) >= 11 is 11.7. The van der Waals surface area contributed by atoms with Crippen molar-refractivity contribution >= 4 is 52.9 Å². The monoisotopic (exact) mass is 557 g/mol. The first-order chi connectivity index (χ1) is 18.3. The van der Waals surface area contributed by atoms with Crippen molar-refractivity contribution in [2.75, 3.05) is 18.5 Å². The second-order valence-electron chi connectivity index (χ2n) is 7.68. The molecule has 0 aliphatic heterocycles. The summed E-state index contributed by atoms with van der Waals surface area (Å²) in [6.45, 7) is 4.70. The number of rotatable bonds is 10. The van der Waals surface area contributed by atoms with Gasteiger partial charge in [0.1, 0.15) is 5.75 Å². The Labute approximate surface area is 229 Å². The molecule has 11 heteroatoms. The molecule has 0 heterocycles. The molecule has 198 valence electrons. The number of nitrogens with zero attached hydrogens (tertiary/aromatic N) is 1. The molecule has 0 unspecified atom stereocenters. The van der Waals surface area contributed by atoms with Crippen LogP contribution in [0.15, 0.2) is 65.8 Å². The van der Waals surface area contributed by atoms with E-state index in [4.69, 9.17) is 37.4 Å². The molecule has 0 aliphatic carbocycles. The number of carbonyl (C=O) groups excluding carboxylic acids is 3. The quantitative estimate of drug-likeness (QED) is 0.112. The first kappa shape index (κ1) is 28.5. The summed E-state index contributed by atoms with van der Waals surface area (Å²) in [6.07, 6.45) is 2.19. The molecular formula is C27H25Cl2N3O6. The first-order valence-corrected chi connectivity index (χ1v) is 12.4. The number of benzene rings is 3. The fourth-order valence-electron chi connectivity index (χ4n) is 3.00. The van der Waals surface area contributed by atoms with E-state index in [0.717, 1.165) is 6.42 Å². The van der Waals surface area contributed by atoms with Crippen LogP contribution in [0.4, 0.5) is 5.69 Å². The highest BCUT2D eigenvalue weighted by Crippen LogP contribution is 2.29. The minimum Gasteiger partial charge on any atom is -0.494 e. The Hall–Kier alpha value is -4.08. The molecule has 0 saturated heterocycles. The number of hydrogen-bond donors (Lipinski definition) is 2. The molecule has 3 aromatic rings. The summed E-state index contributed by atoms with van der Waals surface area (Å²) in [4.78, 5) is 36.7. The SMILES string of the molecule is CCCOc1ccc(C(=O)Oc2ccc(/C=N/NC(=O)C(=O)Nc3ccc(Cl)c(Cl)c3)cc2OCC)cc1. The number of esters is 1. The zero-order valence-electron chi connectivity index (χ0n) is 20.6. The van der Waals surface area contributed by atoms with E-state index in [2.05, 4.69) is 15.8 Å². The third kappa shape index (κ3) is 8.22. The van der Waals surface area contributed by atoms with Crippen LogP contribution in [0.5, 0.6) is 17.2 Å². The lowest BCUT2D eigenvalue weighted by Crippen LogP contribution is -2.32. The van der Waals surface area contributed by atoms with Crippen molar-refractivity contribution in [3.05, 3.63) is 81.8 Å². The Bertz CT molecular complexity index is 1330. The van der Waals surface area contributed by atoms with Gasteiger partial charge in [0.15, 0.2) is 11.5 Å². The number of halogens is 2. The molecular weight excluding hydrogens is 533 g/mol. The summed E-state index contributed by atoms with van der Waals surface area (Å²) in [7, 11) is 0. The van der Waals surface area contributed by atoms with Gasteiger partial charge in [0.2, 0.25) is 0 Å². The lowest BCUT2D eigenvalue weighted by Gasteiger charge is -2.12. The molecule has 0 spiro atoms. The number of hydrazone groups is 1. The molecule has 3 rings (SSSR count). The normalized spacial score (nSPS) is 10.6. The Morgan fingerprint density at radius 3 is 2.32 bits per heavy atom. The molecule has 3 aromatic carbocycles. The van der Waals surface area contributed by atoms with Crippen molar-refractivity contribution in [1.82, 2.24) is 5.43 Å². The van der Waals surface area contributed by atoms with Gasteiger partial charge in [-0.05, 0) is 79.6 Å². The van der Waals surface area contributed by atoms with Crippen LogP contribution >= 0.6 is 23.2 Å². The summed E-state index contributed by atoms with van der Waals surface area (Å²) in [5.74, 6) is -1.31. The number of hydrogen-bond acceptors (Lipinski definition) is 7. The molecule has 0 saturated carbocycles. The second kappa shape index (κ2) is 14.0. The Balaban J connectivity index is 1.61. The Kier molecular flexibility index (Phi) is 10.5. The fourth-order valence-corrected chi connectivity index (χ4v) is 3.30. The van der Waals surface area contributed by atoms with Crippen molar-refractivity contribution in [2.24, 2.45) is 5.10 Å². The summed E-state index contributed by atoms with van der Waals surface area (Å²) < 4.78 is 16.6. The highest BCUT2D eigenvalue weighted by atomic mass is 35.5. The number of amides is 2. The van der Waals surface area contributed by atoms with Crippen LogP contribution in [0, 0.1) is 0 Å². The number of ether oxygens (including phenoxy) is 3. The van der Waals surface area contributed by atoms with E-state index in [-0.39, 0.29) is 10.8 Å². The molecule has 0 radical (unpaired) electrons. The highest BCUT2D eigenvalue weighted by Gasteiger charge is 2.15. The minimum absolute atomic E-state index is 0.213. The van der Waals surface area contributed by atoms with Crippen molar-refractivity contribution in [2.45, 2.75) is 20.3 Å². The van der Waals surface area contributed by atoms with Crippen LogP contribution in [0.3, 0.4) is 0 Å². The molecule has 38 heavy (non-hydrogen) atoms. The average Bonchev–Trinajstić information content (AvgIpc) is 2.91. The second-order valence-corrected chi connectivity index (χ2v) is 8.50. The third-order valence-corrected chi connectivity index (χ3v) is 5.54. The van der Waals surface area contributed by atoms with Gasteiger partial charge in [0.25, 0.3) is 0 Å². The summed E-state index contributed by atoms with van der Waals surface area (Å²) in [5.41, 5.74) is 3.31. The van der Waals surface area contributed by atoms with Gasteiger partial charge in [-0.1, -0.05) is 30.1 Å². The van der Waals surface area contributed by atoms with Gasteiger partial charge in [0, 0.05) is 5.69 Å². The van der Waals surface area contributed by atoms with E-state index in [0.29, 0.717) is 46.5 Å². The van der Waals surface area contributed by atoms with Crippen LogP contribution in [0.1, 0.15) is 36.2 Å². The molecule has 2 N–H and O–H groups in total. The van der Waals surface area contributed by atoms with E-state index in [1.54, 1.807) is 49.4 Å². The number of nitrogens with one attached hydrogen (secondary N) is 2. The van der Waals surface area contributed by atoms with Crippen molar-refractivity contribution in [3.8, 4) is 17.2 Å². The zero-order chi connectivity index (χ0) is 27.5. The van der Waals surface area contributed by atoms with Gasteiger partial charge in [-0.15, -0.1) is 0 Å². The van der Waals surface area contributed by atoms with Gasteiger partial charge in [0.05, 0.1) is 35.0 Å². The van der Waals surface area contributed by atoms with Crippen LogP contribution < -0.4 is 25.0 Å². The Morgan fingerprint density at radius 2 is 1.63 bits per heavy atom. The molecule has 0 aliphatic rings. The maximum atomic E-state index is 12.6. The van der Waals surface area contributed by atoms with Gasteiger partial charge < -0.3 is 19.5 Å². The summed E-state index contributed by atoms with van der Waals surface area (Å²) in [6, 6.07) is 15.8. The van der Waals surface area contributed by atoms with Crippen molar-refractivity contribution in [1.29, 1.82) is 0 Å². The van der Waals surface area contributed by atoms with Crippen LogP contribution in [-0.2, 0) is 9.59 Å². The van der Waals surface area contributed by atoms with Gasteiger partial charge in [-0.2, -0.15) is 5.10 Å². The predicted octanol–water partition coefficient (Wildman–Crippen LogP) is 5.49.